The van der Waals surface area contributed by atoms with Crippen LogP contribution in [0.1, 0.15) is 12.6 Å². The molecule has 0 aliphatic heterocycles. The van der Waals surface area contributed by atoms with Crippen LogP contribution in [-0.4, -0.2) is 27.7 Å². The number of aliphatic hydroxyl groups is 1. The summed E-state index contributed by atoms with van der Waals surface area (Å²) in [6.07, 6.45) is -0.498. The largest absolute Gasteiger partial charge is 0.392 e. The average molecular weight is 261 g/mol. The summed E-state index contributed by atoms with van der Waals surface area (Å²) in [4.78, 5) is 14.7. The van der Waals surface area contributed by atoms with Gasteiger partial charge in [0.1, 0.15) is 0 Å². The molecule has 1 aromatic carbocycles. The van der Waals surface area contributed by atoms with E-state index in [2.05, 4.69) is 10.3 Å². The zero-order chi connectivity index (χ0) is 14.0. The molecular formula is C13H15N3O3. The van der Waals surface area contributed by atoms with E-state index >= 15 is 0 Å². The highest BCUT2D eigenvalue weighted by atomic mass is 16.6. The molecule has 19 heavy (non-hydrogen) atoms. The van der Waals surface area contributed by atoms with Crippen LogP contribution < -0.4 is 5.32 Å². The highest BCUT2D eigenvalue weighted by molar-refractivity contribution is 5.93. The fourth-order valence-electron chi connectivity index (χ4n) is 1.86. The normalized spacial score (nSPS) is 12.4. The number of nitrogens with zero attached hydrogens (tertiary/aromatic N) is 2. The molecule has 0 bridgehead atoms. The Hall–Kier alpha value is -2.21. The standard InChI is InChI=1S/C13H15N3O3/c1-8-5-13(14-7-9(2)17)11-6-10(16(18)19)3-4-12(11)15-8/h3-6,9,17H,7H2,1-2H3,(H,14,15). The third-order valence-corrected chi connectivity index (χ3v) is 2.72. The fraction of sp³-hybridized carbons (Fsp3) is 0.308. The van der Waals surface area contributed by atoms with Gasteiger partial charge in [0.15, 0.2) is 0 Å². The molecule has 2 aromatic rings. The quantitative estimate of drug-likeness (QED) is 0.651. The summed E-state index contributed by atoms with van der Waals surface area (Å²) in [6, 6.07) is 6.38. The van der Waals surface area contributed by atoms with Gasteiger partial charge in [0.2, 0.25) is 0 Å². The molecular weight excluding hydrogens is 246 g/mol. The smallest absolute Gasteiger partial charge is 0.270 e. The molecule has 2 rings (SSSR count). The highest BCUT2D eigenvalue weighted by Gasteiger charge is 2.11. The first-order chi connectivity index (χ1) is 8.97. The monoisotopic (exact) mass is 261 g/mol. The van der Waals surface area contributed by atoms with E-state index in [9.17, 15) is 15.2 Å². The van der Waals surface area contributed by atoms with Crippen molar-refractivity contribution in [1.29, 1.82) is 0 Å². The molecule has 1 atom stereocenters. The molecule has 1 aromatic heterocycles. The number of hydrogen-bond donors (Lipinski definition) is 2. The number of hydrogen-bond acceptors (Lipinski definition) is 5. The molecule has 0 aliphatic carbocycles. The SMILES string of the molecule is Cc1cc(NCC(C)O)c2cc([N+](=O)[O-])ccc2n1. The molecule has 0 saturated carbocycles. The van der Waals surface area contributed by atoms with E-state index in [-0.39, 0.29) is 5.69 Å². The number of aliphatic hydroxyl groups excluding tert-OH is 1. The van der Waals surface area contributed by atoms with Gasteiger partial charge in [0.25, 0.3) is 5.69 Å². The van der Waals surface area contributed by atoms with Gasteiger partial charge >= 0.3 is 0 Å². The van der Waals surface area contributed by atoms with Crippen LogP contribution in [0, 0.1) is 17.0 Å². The number of nitro groups is 1. The van der Waals surface area contributed by atoms with Crippen LogP contribution in [0.3, 0.4) is 0 Å². The summed E-state index contributed by atoms with van der Waals surface area (Å²) in [6.45, 7) is 3.90. The van der Waals surface area contributed by atoms with Crippen molar-refractivity contribution >= 4 is 22.3 Å². The first-order valence-corrected chi connectivity index (χ1v) is 5.95. The number of anilines is 1. The highest BCUT2D eigenvalue weighted by Crippen LogP contribution is 2.27. The summed E-state index contributed by atoms with van der Waals surface area (Å²) < 4.78 is 0. The number of nitro benzene ring substituents is 1. The van der Waals surface area contributed by atoms with Gasteiger partial charge in [-0.3, -0.25) is 15.1 Å². The Morgan fingerprint density at radius 1 is 1.47 bits per heavy atom. The molecule has 6 heteroatoms. The number of aryl methyl sites for hydroxylation is 1. The number of non-ortho nitro benzene ring substituents is 1. The van der Waals surface area contributed by atoms with Crippen molar-refractivity contribution in [3.8, 4) is 0 Å². The zero-order valence-corrected chi connectivity index (χ0v) is 10.8. The second-order valence-electron chi connectivity index (χ2n) is 4.50. The number of benzene rings is 1. The van der Waals surface area contributed by atoms with Gasteiger partial charge in [0.05, 0.1) is 16.5 Å². The minimum Gasteiger partial charge on any atom is -0.392 e. The van der Waals surface area contributed by atoms with Gasteiger partial charge in [-0.05, 0) is 26.0 Å². The number of pyridine rings is 1. The van der Waals surface area contributed by atoms with Crippen LogP contribution in [0.2, 0.25) is 0 Å². The van der Waals surface area contributed by atoms with E-state index < -0.39 is 11.0 Å². The summed E-state index contributed by atoms with van der Waals surface area (Å²) in [5.41, 5.74) is 2.28. The number of nitrogens with one attached hydrogen (secondary N) is 1. The van der Waals surface area contributed by atoms with Crippen LogP contribution in [0.25, 0.3) is 10.9 Å². The predicted molar refractivity (Wildman–Crippen MR) is 73.3 cm³/mol. The summed E-state index contributed by atoms with van der Waals surface area (Å²) in [7, 11) is 0. The van der Waals surface area contributed by atoms with Gasteiger partial charge < -0.3 is 10.4 Å². The average Bonchev–Trinajstić information content (AvgIpc) is 2.35. The lowest BCUT2D eigenvalue weighted by atomic mass is 10.1. The van der Waals surface area contributed by atoms with E-state index in [1.807, 2.05) is 13.0 Å². The third-order valence-electron chi connectivity index (χ3n) is 2.72. The molecule has 1 unspecified atom stereocenters. The van der Waals surface area contributed by atoms with Crippen LogP contribution in [0.5, 0.6) is 0 Å². The van der Waals surface area contributed by atoms with Crippen LogP contribution in [0.15, 0.2) is 24.3 Å². The lowest BCUT2D eigenvalue weighted by molar-refractivity contribution is -0.384. The number of rotatable bonds is 4. The minimum atomic E-state index is -0.498. The van der Waals surface area contributed by atoms with Gasteiger partial charge in [-0.25, -0.2) is 0 Å². The Labute approximate surface area is 110 Å². The fourth-order valence-corrected chi connectivity index (χ4v) is 1.86. The molecule has 100 valence electrons. The van der Waals surface area contributed by atoms with E-state index in [0.717, 1.165) is 11.4 Å². The van der Waals surface area contributed by atoms with E-state index in [4.69, 9.17) is 0 Å². The Balaban J connectivity index is 2.52. The molecule has 1 heterocycles. The second kappa shape index (κ2) is 5.19. The number of aromatic nitrogens is 1. The van der Waals surface area contributed by atoms with Gasteiger partial charge in [-0.15, -0.1) is 0 Å². The first kappa shape index (κ1) is 13.2. The molecule has 6 nitrogen and oxygen atoms in total. The van der Waals surface area contributed by atoms with E-state index in [1.165, 1.54) is 12.1 Å². The molecule has 0 aliphatic rings. The van der Waals surface area contributed by atoms with Gasteiger partial charge in [0, 0.05) is 35.4 Å². The number of fused-ring (bicyclic) bond motifs is 1. The third kappa shape index (κ3) is 2.97. The molecule has 0 saturated heterocycles. The van der Waals surface area contributed by atoms with Crippen molar-refractivity contribution in [3.63, 3.8) is 0 Å². The predicted octanol–water partition coefficient (Wildman–Crippen LogP) is 2.24. The summed E-state index contributed by atoms with van der Waals surface area (Å²) in [5.74, 6) is 0. The molecule has 0 amide bonds. The molecule has 0 fully saturated rings. The maximum atomic E-state index is 10.8. The first-order valence-electron chi connectivity index (χ1n) is 5.95. The summed E-state index contributed by atoms with van der Waals surface area (Å²) in [5, 5.41) is 23.9. The Kier molecular flexibility index (Phi) is 3.62. The Morgan fingerprint density at radius 2 is 2.21 bits per heavy atom. The summed E-state index contributed by atoms with van der Waals surface area (Å²) >= 11 is 0. The van der Waals surface area contributed by atoms with Crippen molar-refractivity contribution in [1.82, 2.24) is 4.98 Å². The maximum Gasteiger partial charge on any atom is 0.270 e. The zero-order valence-electron chi connectivity index (χ0n) is 10.8. The van der Waals surface area contributed by atoms with Crippen LogP contribution in [-0.2, 0) is 0 Å². The van der Waals surface area contributed by atoms with E-state index in [1.54, 1.807) is 13.0 Å². The van der Waals surface area contributed by atoms with Crippen LogP contribution in [0.4, 0.5) is 11.4 Å². The topological polar surface area (TPSA) is 88.3 Å². The van der Waals surface area contributed by atoms with Crippen molar-refractivity contribution in [2.75, 3.05) is 11.9 Å². The van der Waals surface area contributed by atoms with E-state index in [0.29, 0.717) is 17.4 Å². The lowest BCUT2D eigenvalue weighted by Gasteiger charge is -2.12. The van der Waals surface area contributed by atoms with Crippen molar-refractivity contribution in [2.24, 2.45) is 0 Å². The van der Waals surface area contributed by atoms with Crippen molar-refractivity contribution in [2.45, 2.75) is 20.0 Å². The van der Waals surface area contributed by atoms with Crippen molar-refractivity contribution in [3.05, 3.63) is 40.1 Å². The van der Waals surface area contributed by atoms with Gasteiger partial charge in [-0.2, -0.15) is 0 Å². The van der Waals surface area contributed by atoms with Gasteiger partial charge in [-0.1, -0.05) is 0 Å². The molecule has 0 radical (unpaired) electrons. The lowest BCUT2D eigenvalue weighted by Crippen LogP contribution is -2.15. The molecule has 0 spiro atoms. The minimum absolute atomic E-state index is 0.0262. The van der Waals surface area contributed by atoms with Crippen molar-refractivity contribution < 1.29 is 10.0 Å². The molecule has 2 N–H and O–H groups in total. The Bertz CT molecular complexity index is 626. The van der Waals surface area contributed by atoms with Crippen LogP contribution >= 0.6 is 0 Å². The Morgan fingerprint density at radius 3 is 2.84 bits per heavy atom. The second-order valence-corrected chi connectivity index (χ2v) is 4.50. The maximum absolute atomic E-state index is 10.8.